The standard InChI is InChI=1S/C16H20N2O8/c1-24-13(8-19)14-12(15(20)17-14)6-7-25-16(21)26-9-10-2-4-11(5-3-10)18(22)23/h2-5,12-14,19H,6-9H2,1H3,(H,17,20)/t12-,13-,14-/m0/s1. The van der Waals surface area contributed by atoms with E-state index in [4.69, 9.17) is 14.2 Å². The van der Waals surface area contributed by atoms with Gasteiger partial charge in [0.15, 0.2) is 0 Å². The Kier molecular flexibility index (Phi) is 6.87. The number of carbonyl (C=O) groups is 2. The van der Waals surface area contributed by atoms with E-state index in [-0.39, 0.29) is 43.9 Å². The fourth-order valence-corrected chi connectivity index (χ4v) is 2.60. The number of nitro groups is 1. The largest absolute Gasteiger partial charge is 0.508 e. The molecule has 1 aliphatic rings. The maximum atomic E-state index is 11.6. The summed E-state index contributed by atoms with van der Waals surface area (Å²) in [6, 6.07) is 5.26. The number of benzene rings is 1. The number of non-ortho nitro benzene ring substituents is 1. The number of ether oxygens (including phenoxy) is 3. The Labute approximate surface area is 149 Å². The first-order valence-electron chi connectivity index (χ1n) is 7.93. The van der Waals surface area contributed by atoms with Crippen LogP contribution in [-0.4, -0.2) is 54.6 Å². The summed E-state index contributed by atoms with van der Waals surface area (Å²) in [6.07, 6.45) is -1.12. The van der Waals surface area contributed by atoms with Crippen molar-refractivity contribution in [3.63, 3.8) is 0 Å². The van der Waals surface area contributed by atoms with Gasteiger partial charge in [-0.25, -0.2) is 4.79 Å². The molecule has 2 rings (SSSR count). The number of rotatable bonds is 9. The molecule has 1 heterocycles. The SMILES string of the molecule is CO[C@@H](CO)[C@H]1NC(=O)[C@H]1CCOC(=O)OCc1ccc([N+](=O)[O-])cc1. The summed E-state index contributed by atoms with van der Waals surface area (Å²) in [5.74, 6) is -0.595. The Morgan fingerprint density at radius 3 is 2.58 bits per heavy atom. The molecule has 0 unspecified atom stereocenters. The van der Waals surface area contributed by atoms with Crippen LogP contribution >= 0.6 is 0 Å². The molecular weight excluding hydrogens is 348 g/mol. The Balaban J connectivity index is 1.70. The lowest BCUT2D eigenvalue weighted by molar-refractivity contribution is -0.384. The van der Waals surface area contributed by atoms with Crippen molar-refractivity contribution in [2.75, 3.05) is 20.3 Å². The van der Waals surface area contributed by atoms with Gasteiger partial charge in [-0.15, -0.1) is 0 Å². The van der Waals surface area contributed by atoms with Crippen LogP contribution in [-0.2, 0) is 25.6 Å². The predicted octanol–water partition coefficient (Wildman–Crippen LogP) is 0.760. The van der Waals surface area contributed by atoms with Gasteiger partial charge in [0.05, 0.1) is 30.1 Å². The first-order chi connectivity index (χ1) is 12.5. The monoisotopic (exact) mass is 368 g/mol. The average Bonchev–Trinajstić information content (AvgIpc) is 2.64. The highest BCUT2D eigenvalue weighted by molar-refractivity contribution is 5.86. The zero-order chi connectivity index (χ0) is 19.1. The summed E-state index contributed by atoms with van der Waals surface area (Å²) >= 11 is 0. The van der Waals surface area contributed by atoms with Gasteiger partial charge in [0.1, 0.15) is 12.7 Å². The quantitative estimate of drug-likeness (QED) is 0.282. The normalized spacial score (nSPS) is 19.8. The maximum absolute atomic E-state index is 11.6. The maximum Gasteiger partial charge on any atom is 0.508 e. The number of nitrogens with one attached hydrogen (secondary N) is 1. The highest BCUT2D eigenvalue weighted by atomic mass is 16.7. The molecular formula is C16H20N2O8. The van der Waals surface area contributed by atoms with Crippen LogP contribution in [0.3, 0.4) is 0 Å². The van der Waals surface area contributed by atoms with Gasteiger partial charge >= 0.3 is 6.16 Å². The summed E-state index contributed by atoms with van der Waals surface area (Å²) in [5.41, 5.74) is 0.527. The highest BCUT2D eigenvalue weighted by Crippen LogP contribution is 2.23. The van der Waals surface area contributed by atoms with Crippen molar-refractivity contribution >= 4 is 17.7 Å². The van der Waals surface area contributed by atoms with Crippen LogP contribution in [0.15, 0.2) is 24.3 Å². The molecule has 1 amide bonds. The number of hydrogen-bond acceptors (Lipinski definition) is 8. The minimum Gasteiger partial charge on any atom is -0.434 e. The summed E-state index contributed by atoms with van der Waals surface area (Å²) in [4.78, 5) is 33.2. The van der Waals surface area contributed by atoms with Crippen molar-refractivity contribution in [1.82, 2.24) is 5.32 Å². The van der Waals surface area contributed by atoms with E-state index in [0.29, 0.717) is 5.56 Å². The number of amides is 1. The van der Waals surface area contributed by atoms with Crippen LogP contribution in [0.2, 0.25) is 0 Å². The lowest BCUT2D eigenvalue weighted by Gasteiger charge is -2.40. The molecule has 1 aromatic rings. The number of hydrogen-bond donors (Lipinski definition) is 2. The molecule has 1 fully saturated rings. The molecule has 142 valence electrons. The molecule has 0 radical (unpaired) electrons. The summed E-state index contributed by atoms with van der Waals surface area (Å²) in [5, 5.41) is 22.4. The van der Waals surface area contributed by atoms with E-state index >= 15 is 0 Å². The Morgan fingerprint density at radius 1 is 1.35 bits per heavy atom. The molecule has 0 aromatic heterocycles. The van der Waals surface area contributed by atoms with Crippen molar-refractivity contribution in [3.05, 3.63) is 39.9 Å². The molecule has 0 saturated carbocycles. The third-order valence-corrected chi connectivity index (χ3v) is 4.12. The third kappa shape index (κ3) is 4.90. The van der Waals surface area contributed by atoms with Gasteiger partial charge in [-0.05, 0) is 24.1 Å². The summed E-state index contributed by atoms with van der Waals surface area (Å²) in [7, 11) is 1.44. The fraction of sp³-hybridized carbons (Fsp3) is 0.500. The molecule has 0 spiro atoms. The van der Waals surface area contributed by atoms with Crippen molar-refractivity contribution in [2.45, 2.75) is 25.2 Å². The Hall–Kier alpha value is -2.72. The Bertz CT molecular complexity index is 644. The topological polar surface area (TPSA) is 137 Å². The minimum absolute atomic E-state index is 0.0183. The lowest BCUT2D eigenvalue weighted by atomic mass is 9.84. The molecule has 3 atom stereocenters. The number of aliphatic hydroxyl groups is 1. The zero-order valence-electron chi connectivity index (χ0n) is 14.1. The molecule has 0 aliphatic carbocycles. The minimum atomic E-state index is -0.898. The third-order valence-electron chi connectivity index (χ3n) is 4.12. The molecule has 1 aliphatic heterocycles. The van der Waals surface area contributed by atoms with Crippen molar-refractivity contribution < 1.29 is 33.8 Å². The highest BCUT2D eigenvalue weighted by Gasteiger charge is 2.43. The lowest BCUT2D eigenvalue weighted by Crippen LogP contribution is -2.64. The summed E-state index contributed by atoms with van der Waals surface area (Å²) < 4.78 is 14.9. The fourth-order valence-electron chi connectivity index (χ4n) is 2.60. The zero-order valence-corrected chi connectivity index (χ0v) is 14.1. The number of nitrogens with zero attached hydrogens (tertiary/aromatic N) is 1. The molecule has 10 nitrogen and oxygen atoms in total. The van der Waals surface area contributed by atoms with E-state index in [1.807, 2.05) is 0 Å². The van der Waals surface area contributed by atoms with E-state index < -0.39 is 23.1 Å². The van der Waals surface area contributed by atoms with Gasteiger partial charge in [-0.3, -0.25) is 14.9 Å². The van der Waals surface area contributed by atoms with Gasteiger partial charge < -0.3 is 24.6 Å². The van der Waals surface area contributed by atoms with E-state index in [9.17, 15) is 24.8 Å². The second-order valence-corrected chi connectivity index (χ2v) is 5.70. The van der Waals surface area contributed by atoms with Gasteiger partial charge in [0.2, 0.25) is 5.91 Å². The summed E-state index contributed by atoms with van der Waals surface area (Å²) in [6.45, 7) is -0.328. The molecule has 10 heteroatoms. The van der Waals surface area contributed by atoms with Crippen LogP contribution < -0.4 is 5.32 Å². The number of aliphatic hydroxyl groups excluding tert-OH is 1. The molecule has 1 saturated heterocycles. The van der Waals surface area contributed by atoms with Crippen molar-refractivity contribution in [2.24, 2.45) is 5.92 Å². The van der Waals surface area contributed by atoms with E-state index in [1.165, 1.54) is 31.4 Å². The van der Waals surface area contributed by atoms with Crippen molar-refractivity contribution in [1.29, 1.82) is 0 Å². The molecule has 2 N–H and O–H groups in total. The smallest absolute Gasteiger partial charge is 0.434 e. The van der Waals surface area contributed by atoms with Crippen LogP contribution in [0.25, 0.3) is 0 Å². The van der Waals surface area contributed by atoms with Crippen LogP contribution in [0.4, 0.5) is 10.5 Å². The van der Waals surface area contributed by atoms with E-state index in [1.54, 1.807) is 0 Å². The molecule has 0 bridgehead atoms. The molecule has 1 aromatic carbocycles. The van der Waals surface area contributed by atoms with Crippen LogP contribution in [0.5, 0.6) is 0 Å². The Morgan fingerprint density at radius 2 is 2.04 bits per heavy atom. The van der Waals surface area contributed by atoms with Gasteiger partial charge in [-0.1, -0.05) is 0 Å². The van der Waals surface area contributed by atoms with Gasteiger partial charge in [0.25, 0.3) is 5.69 Å². The van der Waals surface area contributed by atoms with Crippen LogP contribution in [0.1, 0.15) is 12.0 Å². The van der Waals surface area contributed by atoms with E-state index in [2.05, 4.69) is 5.32 Å². The first-order valence-corrected chi connectivity index (χ1v) is 7.93. The predicted molar refractivity (Wildman–Crippen MR) is 87.2 cm³/mol. The molecule has 26 heavy (non-hydrogen) atoms. The van der Waals surface area contributed by atoms with Crippen molar-refractivity contribution in [3.8, 4) is 0 Å². The van der Waals surface area contributed by atoms with Gasteiger partial charge in [0, 0.05) is 19.2 Å². The number of nitro benzene ring substituents is 1. The van der Waals surface area contributed by atoms with Crippen LogP contribution in [0, 0.1) is 16.0 Å². The number of carbonyl (C=O) groups excluding carboxylic acids is 2. The average molecular weight is 368 g/mol. The first kappa shape index (κ1) is 19.6. The number of methoxy groups -OCH3 is 1. The number of β-lactam (4-membered cyclic amide) rings is 1. The second kappa shape index (κ2) is 9.11. The van der Waals surface area contributed by atoms with Gasteiger partial charge in [-0.2, -0.15) is 0 Å². The second-order valence-electron chi connectivity index (χ2n) is 5.70. The van der Waals surface area contributed by atoms with E-state index in [0.717, 1.165) is 0 Å².